The van der Waals surface area contributed by atoms with E-state index in [1.54, 1.807) is 6.92 Å². The summed E-state index contributed by atoms with van der Waals surface area (Å²) in [5, 5.41) is 8.99. The lowest BCUT2D eigenvalue weighted by Gasteiger charge is -2.14. The highest BCUT2D eigenvalue weighted by Gasteiger charge is 2.08. The number of aliphatic hydroxyl groups is 1. The predicted molar refractivity (Wildman–Crippen MR) is 62.2 cm³/mol. The lowest BCUT2D eigenvalue weighted by Crippen LogP contribution is -2.23. The van der Waals surface area contributed by atoms with Crippen molar-refractivity contribution in [3.05, 3.63) is 0 Å². The quantitative estimate of drug-likeness (QED) is 0.487. The highest BCUT2D eigenvalue weighted by Crippen LogP contribution is 2.02. The van der Waals surface area contributed by atoms with Gasteiger partial charge in [0.1, 0.15) is 6.61 Å². The van der Waals surface area contributed by atoms with E-state index in [1.165, 1.54) is 0 Å². The van der Waals surface area contributed by atoms with E-state index in [2.05, 4.69) is 6.92 Å². The van der Waals surface area contributed by atoms with E-state index in [9.17, 15) is 4.79 Å². The van der Waals surface area contributed by atoms with Crippen molar-refractivity contribution >= 4 is 5.97 Å². The third-order valence-corrected chi connectivity index (χ3v) is 2.09. The summed E-state index contributed by atoms with van der Waals surface area (Å²) in [6.45, 7) is 6.11. The Hall–Kier alpha value is -0.610. The van der Waals surface area contributed by atoms with Crippen LogP contribution in [0.3, 0.4) is 0 Å². The van der Waals surface area contributed by atoms with Gasteiger partial charge in [-0.25, -0.2) is 0 Å². The Morgan fingerprint density at radius 1 is 1.25 bits per heavy atom. The van der Waals surface area contributed by atoms with Crippen LogP contribution in [0, 0.1) is 0 Å². The molecular formula is C12H24O4. The van der Waals surface area contributed by atoms with Gasteiger partial charge in [-0.3, -0.25) is 4.79 Å². The largest absolute Gasteiger partial charge is 0.463 e. The molecule has 0 aromatic carbocycles. The van der Waals surface area contributed by atoms with Gasteiger partial charge in [0.05, 0.1) is 18.8 Å². The van der Waals surface area contributed by atoms with Gasteiger partial charge in [0, 0.05) is 6.42 Å². The summed E-state index contributed by atoms with van der Waals surface area (Å²) < 4.78 is 10.3. The van der Waals surface area contributed by atoms with Gasteiger partial charge < -0.3 is 14.6 Å². The van der Waals surface area contributed by atoms with E-state index in [4.69, 9.17) is 14.6 Å². The second kappa shape index (κ2) is 9.60. The van der Waals surface area contributed by atoms with Crippen LogP contribution >= 0.6 is 0 Å². The van der Waals surface area contributed by atoms with Gasteiger partial charge in [-0.2, -0.15) is 0 Å². The molecule has 0 heterocycles. The van der Waals surface area contributed by atoms with Crippen molar-refractivity contribution in [3.63, 3.8) is 0 Å². The summed E-state index contributed by atoms with van der Waals surface area (Å²) >= 11 is 0. The third kappa shape index (κ3) is 9.93. The number of rotatable bonds is 9. The van der Waals surface area contributed by atoms with Gasteiger partial charge in [-0.05, 0) is 20.3 Å². The number of carbonyl (C=O) groups excluding carboxylic acids is 1. The van der Waals surface area contributed by atoms with Gasteiger partial charge in [-0.1, -0.05) is 19.8 Å². The fourth-order valence-corrected chi connectivity index (χ4v) is 1.15. The van der Waals surface area contributed by atoms with Crippen molar-refractivity contribution in [3.8, 4) is 0 Å². The molecule has 96 valence electrons. The molecule has 0 rings (SSSR count). The molecule has 16 heavy (non-hydrogen) atoms. The Kier molecular flexibility index (Phi) is 9.24. The second-order valence-corrected chi connectivity index (χ2v) is 4.13. The number of carbonyl (C=O) groups is 1. The molecule has 0 fully saturated rings. The number of aliphatic hydroxyl groups excluding tert-OH is 1. The molecule has 0 saturated heterocycles. The zero-order chi connectivity index (χ0) is 12.4. The molecule has 0 aliphatic heterocycles. The molecule has 0 bridgehead atoms. The van der Waals surface area contributed by atoms with E-state index in [-0.39, 0.29) is 25.3 Å². The van der Waals surface area contributed by atoms with Crippen LogP contribution in [0.4, 0.5) is 0 Å². The molecule has 4 heteroatoms. The van der Waals surface area contributed by atoms with Crippen LogP contribution < -0.4 is 0 Å². The average molecular weight is 232 g/mol. The number of ether oxygens (including phenoxy) is 2. The summed E-state index contributed by atoms with van der Waals surface area (Å²) in [6, 6.07) is 0. The van der Waals surface area contributed by atoms with Gasteiger partial charge in [0.15, 0.2) is 0 Å². The van der Waals surface area contributed by atoms with E-state index in [0.29, 0.717) is 6.42 Å². The lowest BCUT2D eigenvalue weighted by atomic mass is 10.2. The Labute approximate surface area is 97.9 Å². The summed E-state index contributed by atoms with van der Waals surface area (Å²) in [5.74, 6) is -0.166. The number of esters is 1. The highest BCUT2D eigenvalue weighted by molar-refractivity contribution is 5.69. The number of hydrogen-bond acceptors (Lipinski definition) is 4. The molecule has 0 aliphatic rings. The zero-order valence-corrected chi connectivity index (χ0v) is 10.6. The smallest absolute Gasteiger partial charge is 0.305 e. The molecule has 4 nitrogen and oxygen atoms in total. The minimum Gasteiger partial charge on any atom is -0.463 e. The standard InChI is InChI=1S/C12H24O4/c1-4-5-6-7-12(14)16-9-11(3)15-8-10(2)13/h10-11,13H,4-9H2,1-3H3. The van der Waals surface area contributed by atoms with Crippen LogP contribution in [0.15, 0.2) is 0 Å². The fourth-order valence-electron chi connectivity index (χ4n) is 1.15. The molecule has 0 spiro atoms. The summed E-state index contributed by atoms with van der Waals surface area (Å²) in [6.07, 6.45) is 2.88. The first kappa shape index (κ1) is 15.4. The molecule has 0 aliphatic carbocycles. The maximum absolute atomic E-state index is 11.2. The molecule has 0 saturated carbocycles. The molecule has 2 atom stereocenters. The van der Waals surface area contributed by atoms with Gasteiger partial charge in [-0.15, -0.1) is 0 Å². The fraction of sp³-hybridized carbons (Fsp3) is 0.917. The molecular weight excluding hydrogens is 208 g/mol. The monoisotopic (exact) mass is 232 g/mol. The first-order chi connectivity index (χ1) is 7.56. The van der Waals surface area contributed by atoms with E-state index in [0.717, 1.165) is 19.3 Å². The van der Waals surface area contributed by atoms with Crippen molar-refractivity contribution < 1.29 is 19.4 Å². The third-order valence-electron chi connectivity index (χ3n) is 2.09. The molecule has 2 unspecified atom stereocenters. The molecule has 0 aromatic heterocycles. The first-order valence-corrected chi connectivity index (χ1v) is 6.01. The van der Waals surface area contributed by atoms with Crippen molar-refractivity contribution in [1.29, 1.82) is 0 Å². The van der Waals surface area contributed by atoms with Crippen molar-refractivity contribution in [2.75, 3.05) is 13.2 Å². The minimum atomic E-state index is -0.484. The maximum Gasteiger partial charge on any atom is 0.305 e. The Balaban J connectivity index is 3.43. The van der Waals surface area contributed by atoms with Crippen molar-refractivity contribution in [2.45, 2.75) is 58.7 Å². The van der Waals surface area contributed by atoms with Crippen molar-refractivity contribution in [1.82, 2.24) is 0 Å². The summed E-state index contributed by atoms with van der Waals surface area (Å²) in [7, 11) is 0. The summed E-state index contributed by atoms with van der Waals surface area (Å²) in [4.78, 5) is 11.2. The topological polar surface area (TPSA) is 55.8 Å². The van der Waals surface area contributed by atoms with E-state index >= 15 is 0 Å². The van der Waals surface area contributed by atoms with Gasteiger partial charge >= 0.3 is 5.97 Å². The molecule has 0 radical (unpaired) electrons. The average Bonchev–Trinajstić information content (AvgIpc) is 2.24. The van der Waals surface area contributed by atoms with Gasteiger partial charge in [0.25, 0.3) is 0 Å². The van der Waals surface area contributed by atoms with Crippen LogP contribution in [0.1, 0.15) is 46.5 Å². The Morgan fingerprint density at radius 2 is 1.94 bits per heavy atom. The number of unbranched alkanes of at least 4 members (excludes halogenated alkanes) is 2. The van der Waals surface area contributed by atoms with E-state index < -0.39 is 6.10 Å². The predicted octanol–water partition coefficient (Wildman–Crippen LogP) is 1.90. The van der Waals surface area contributed by atoms with Crippen LogP contribution in [0.2, 0.25) is 0 Å². The minimum absolute atomic E-state index is 0.162. The van der Waals surface area contributed by atoms with Crippen LogP contribution in [0.25, 0.3) is 0 Å². The second-order valence-electron chi connectivity index (χ2n) is 4.13. The van der Waals surface area contributed by atoms with Crippen LogP contribution in [0.5, 0.6) is 0 Å². The van der Waals surface area contributed by atoms with Crippen LogP contribution in [-0.2, 0) is 14.3 Å². The molecule has 0 amide bonds. The number of hydrogen-bond donors (Lipinski definition) is 1. The van der Waals surface area contributed by atoms with Gasteiger partial charge in [0.2, 0.25) is 0 Å². The highest BCUT2D eigenvalue weighted by atomic mass is 16.6. The lowest BCUT2D eigenvalue weighted by molar-refractivity contribution is -0.148. The molecule has 1 N–H and O–H groups in total. The van der Waals surface area contributed by atoms with Crippen molar-refractivity contribution in [2.24, 2.45) is 0 Å². The normalized spacial score (nSPS) is 14.5. The Bertz CT molecular complexity index is 180. The SMILES string of the molecule is CCCCCC(=O)OCC(C)OCC(C)O. The zero-order valence-electron chi connectivity index (χ0n) is 10.6. The first-order valence-electron chi connectivity index (χ1n) is 6.01. The van der Waals surface area contributed by atoms with Crippen LogP contribution in [-0.4, -0.2) is 36.5 Å². The summed E-state index contributed by atoms with van der Waals surface area (Å²) in [5.41, 5.74) is 0. The maximum atomic E-state index is 11.2. The Morgan fingerprint density at radius 3 is 2.50 bits per heavy atom. The molecule has 0 aromatic rings. The van der Waals surface area contributed by atoms with E-state index in [1.807, 2.05) is 6.92 Å².